The third-order valence-electron chi connectivity index (χ3n) is 2.79. The number of hydrogen-bond acceptors (Lipinski definition) is 4. The summed E-state index contributed by atoms with van der Waals surface area (Å²) in [4.78, 5) is 6.27. The number of nitrogens with one attached hydrogen (secondary N) is 1. The van der Waals surface area contributed by atoms with Crippen molar-refractivity contribution >= 4 is 23.7 Å². The molecule has 18 heavy (non-hydrogen) atoms. The maximum absolute atomic E-state index is 12.4. The molecule has 0 aromatic carbocycles. The van der Waals surface area contributed by atoms with Crippen molar-refractivity contribution < 1.29 is 13.2 Å². The van der Waals surface area contributed by atoms with E-state index in [1.165, 1.54) is 6.20 Å². The highest BCUT2D eigenvalue weighted by Crippen LogP contribution is 2.32. The van der Waals surface area contributed by atoms with Crippen molar-refractivity contribution in [2.24, 2.45) is 0 Å². The summed E-state index contributed by atoms with van der Waals surface area (Å²) in [6.07, 6.45) is -2.99. The fourth-order valence-corrected chi connectivity index (χ4v) is 2.64. The summed E-state index contributed by atoms with van der Waals surface area (Å²) in [5, 5.41) is 2.49. The van der Waals surface area contributed by atoms with Gasteiger partial charge in [-0.1, -0.05) is 0 Å². The molecule has 1 aliphatic rings. The maximum Gasteiger partial charge on any atom is 0.443 e. The molecule has 2 heterocycles. The van der Waals surface area contributed by atoms with Crippen LogP contribution in [-0.2, 0) is 12.7 Å². The van der Waals surface area contributed by atoms with Crippen molar-refractivity contribution in [1.82, 2.24) is 15.2 Å². The second kappa shape index (κ2) is 6.18. The highest BCUT2D eigenvalue weighted by Gasteiger charge is 2.34. The van der Waals surface area contributed by atoms with Crippen LogP contribution in [0.3, 0.4) is 0 Å². The van der Waals surface area contributed by atoms with Crippen LogP contribution in [0.15, 0.2) is 6.20 Å². The lowest BCUT2D eigenvalue weighted by molar-refractivity contribution is -0.137. The molecule has 1 saturated heterocycles. The van der Waals surface area contributed by atoms with Crippen molar-refractivity contribution in [1.29, 1.82) is 0 Å². The highest BCUT2D eigenvalue weighted by molar-refractivity contribution is 7.11. The van der Waals surface area contributed by atoms with E-state index in [4.69, 9.17) is 0 Å². The summed E-state index contributed by atoms with van der Waals surface area (Å²) in [6.45, 7) is 5.25. The van der Waals surface area contributed by atoms with Crippen LogP contribution >= 0.6 is 23.7 Å². The Morgan fingerprint density at radius 2 is 2.28 bits per heavy atom. The Bertz CT molecular complexity index is 383. The van der Waals surface area contributed by atoms with Gasteiger partial charge in [0.2, 0.25) is 0 Å². The average Bonchev–Trinajstić information content (AvgIpc) is 2.69. The zero-order valence-electron chi connectivity index (χ0n) is 9.83. The summed E-state index contributed by atoms with van der Waals surface area (Å²) in [7, 11) is 0. The van der Waals surface area contributed by atoms with Gasteiger partial charge < -0.3 is 5.32 Å². The van der Waals surface area contributed by atoms with E-state index in [1.54, 1.807) is 0 Å². The van der Waals surface area contributed by atoms with E-state index in [2.05, 4.69) is 22.1 Å². The van der Waals surface area contributed by atoms with Gasteiger partial charge in [0.1, 0.15) is 0 Å². The topological polar surface area (TPSA) is 28.2 Å². The van der Waals surface area contributed by atoms with Gasteiger partial charge in [0.15, 0.2) is 5.01 Å². The second-order valence-electron chi connectivity index (χ2n) is 4.15. The molecule has 1 aromatic rings. The summed E-state index contributed by atoms with van der Waals surface area (Å²) >= 11 is 0.737. The molecule has 8 heteroatoms. The Hall–Kier alpha value is -0.370. The first-order valence-corrected chi connectivity index (χ1v) is 6.25. The lowest BCUT2D eigenvalue weighted by Gasteiger charge is -2.33. The van der Waals surface area contributed by atoms with Crippen LogP contribution in [0.2, 0.25) is 0 Å². The van der Waals surface area contributed by atoms with Crippen molar-refractivity contribution in [3.63, 3.8) is 0 Å². The molecule has 1 atom stereocenters. The maximum atomic E-state index is 12.4. The molecular formula is C10H15ClF3N3S. The predicted molar refractivity (Wildman–Crippen MR) is 67.1 cm³/mol. The van der Waals surface area contributed by atoms with Crippen LogP contribution in [0.5, 0.6) is 0 Å². The quantitative estimate of drug-likeness (QED) is 0.909. The van der Waals surface area contributed by atoms with Crippen LogP contribution in [0.4, 0.5) is 13.2 Å². The van der Waals surface area contributed by atoms with Crippen LogP contribution < -0.4 is 5.32 Å². The van der Waals surface area contributed by atoms with Crippen molar-refractivity contribution in [2.75, 3.05) is 19.6 Å². The van der Waals surface area contributed by atoms with E-state index in [0.717, 1.165) is 31.0 Å². The fourth-order valence-electron chi connectivity index (χ4n) is 1.83. The van der Waals surface area contributed by atoms with E-state index in [1.807, 2.05) is 0 Å². The number of halogens is 4. The van der Waals surface area contributed by atoms with Gasteiger partial charge in [0.25, 0.3) is 0 Å². The largest absolute Gasteiger partial charge is 0.443 e. The Morgan fingerprint density at radius 1 is 1.56 bits per heavy atom. The zero-order chi connectivity index (χ0) is 12.5. The van der Waals surface area contributed by atoms with Gasteiger partial charge in [0.05, 0.1) is 0 Å². The molecule has 3 nitrogen and oxygen atoms in total. The average molecular weight is 302 g/mol. The van der Waals surface area contributed by atoms with E-state index in [9.17, 15) is 13.2 Å². The molecule has 0 unspecified atom stereocenters. The number of piperazine rings is 1. The molecule has 1 aliphatic heterocycles. The Balaban J connectivity index is 0.00000162. The van der Waals surface area contributed by atoms with Gasteiger partial charge in [-0.3, -0.25) is 4.90 Å². The van der Waals surface area contributed by atoms with Crippen LogP contribution in [0.1, 0.15) is 16.8 Å². The van der Waals surface area contributed by atoms with Gasteiger partial charge >= 0.3 is 6.18 Å². The number of nitrogens with zero attached hydrogens (tertiary/aromatic N) is 2. The molecule has 0 aliphatic carbocycles. The number of aromatic nitrogens is 1. The van der Waals surface area contributed by atoms with Crippen LogP contribution in [-0.4, -0.2) is 35.6 Å². The van der Waals surface area contributed by atoms with E-state index >= 15 is 0 Å². The molecule has 1 aromatic heterocycles. The number of thiazole rings is 1. The molecule has 2 rings (SSSR count). The van der Waals surface area contributed by atoms with E-state index < -0.39 is 11.2 Å². The minimum absolute atomic E-state index is 0. The molecule has 0 radical (unpaired) electrons. The molecule has 0 spiro atoms. The number of hydrogen-bond donors (Lipinski definition) is 1. The normalized spacial score (nSPS) is 21.7. The number of rotatable bonds is 2. The third kappa shape index (κ3) is 3.81. The molecular weight excluding hydrogens is 287 g/mol. The van der Waals surface area contributed by atoms with Gasteiger partial charge in [-0.15, -0.1) is 23.7 Å². The molecule has 0 bridgehead atoms. The van der Waals surface area contributed by atoms with Gasteiger partial charge in [-0.2, -0.15) is 13.2 Å². The second-order valence-corrected chi connectivity index (χ2v) is 5.27. The molecule has 0 amide bonds. The summed E-state index contributed by atoms with van der Waals surface area (Å²) in [5.74, 6) is 0. The summed E-state index contributed by atoms with van der Waals surface area (Å²) in [6, 6.07) is 0.347. The lowest BCUT2D eigenvalue weighted by atomic mass is 10.2. The van der Waals surface area contributed by atoms with Gasteiger partial charge in [-0.25, -0.2) is 4.98 Å². The molecule has 1 N–H and O–H groups in total. The van der Waals surface area contributed by atoms with Crippen LogP contribution in [0, 0.1) is 0 Å². The first-order chi connectivity index (χ1) is 7.97. The zero-order valence-corrected chi connectivity index (χ0v) is 11.5. The smallest absolute Gasteiger partial charge is 0.314 e. The van der Waals surface area contributed by atoms with Crippen molar-refractivity contribution in [2.45, 2.75) is 25.7 Å². The number of alkyl halides is 3. The standard InChI is InChI=1S/C10H14F3N3S.ClH/c1-7-4-14-2-3-16(7)6-8-5-15-9(17-8)10(11,12)13;/h5,7,14H,2-4,6H2,1H3;1H/t7-;/m0./s1. The van der Waals surface area contributed by atoms with Crippen molar-refractivity contribution in [3.05, 3.63) is 16.1 Å². The Labute approximate surface area is 114 Å². The van der Waals surface area contributed by atoms with E-state index in [0.29, 0.717) is 17.5 Å². The van der Waals surface area contributed by atoms with E-state index in [-0.39, 0.29) is 12.4 Å². The summed E-state index contributed by atoms with van der Waals surface area (Å²) < 4.78 is 37.1. The third-order valence-corrected chi connectivity index (χ3v) is 3.82. The minimum Gasteiger partial charge on any atom is -0.314 e. The Kier molecular flexibility index (Phi) is 5.39. The van der Waals surface area contributed by atoms with Gasteiger partial charge in [-0.05, 0) is 6.92 Å². The van der Waals surface area contributed by atoms with Crippen molar-refractivity contribution in [3.8, 4) is 0 Å². The minimum atomic E-state index is -4.32. The monoisotopic (exact) mass is 301 g/mol. The Morgan fingerprint density at radius 3 is 2.83 bits per heavy atom. The fraction of sp³-hybridized carbons (Fsp3) is 0.700. The van der Waals surface area contributed by atoms with Crippen LogP contribution in [0.25, 0.3) is 0 Å². The van der Waals surface area contributed by atoms with Gasteiger partial charge in [0, 0.05) is 43.3 Å². The predicted octanol–water partition coefficient (Wildman–Crippen LogP) is 2.38. The molecule has 0 saturated carbocycles. The first-order valence-electron chi connectivity index (χ1n) is 5.43. The highest BCUT2D eigenvalue weighted by atomic mass is 35.5. The lowest BCUT2D eigenvalue weighted by Crippen LogP contribution is -2.49. The SMILES string of the molecule is C[C@H]1CNCCN1Cc1cnc(C(F)(F)F)s1.Cl. The summed E-state index contributed by atoms with van der Waals surface area (Å²) in [5.41, 5.74) is 0. The molecule has 1 fully saturated rings. The molecule has 104 valence electrons. The first kappa shape index (κ1) is 15.7.